The number of carboxylic acids is 1. The third kappa shape index (κ3) is 6.85. The van der Waals surface area contributed by atoms with Crippen LogP contribution in [0, 0.1) is 11.8 Å². The van der Waals surface area contributed by atoms with E-state index in [4.69, 9.17) is 4.74 Å². The smallest absolute Gasteiger partial charge is 0.408 e. The zero-order valence-corrected chi connectivity index (χ0v) is 22.7. The van der Waals surface area contributed by atoms with Crippen molar-refractivity contribution in [2.75, 3.05) is 13.2 Å². The fourth-order valence-corrected chi connectivity index (χ4v) is 5.04. The normalized spacial score (nSPS) is 18.9. The second-order valence-electron chi connectivity index (χ2n) is 10.5. The fraction of sp³-hybridized carbons (Fsp3) is 0.571. The van der Waals surface area contributed by atoms with Gasteiger partial charge in [0, 0.05) is 36.6 Å². The van der Waals surface area contributed by atoms with Crippen molar-refractivity contribution in [3.05, 3.63) is 36.0 Å². The van der Waals surface area contributed by atoms with Gasteiger partial charge in [-0.3, -0.25) is 9.59 Å². The van der Waals surface area contributed by atoms with Gasteiger partial charge in [-0.1, -0.05) is 32.0 Å². The molecule has 1 aliphatic heterocycles. The molecule has 1 aromatic heterocycles. The summed E-state index contributed by atoms with van der Waals surface area (Å²) in [6, 6.07) is 7.05. The van der Waals surface area contributed by atoms with Crippen molar-refractivity contribution >= 4 is 34.8 Å². The lowest BCUT2D eigenvalue weighted by molar-refractivity contribution is -0.151. The Morgan fingerprint density at radius 2 is 1.95 bits per heavy atom. The summed E-state index contributed by atoms with van der Waals surface area (Å²) in [6.45, 7) is 8.04. The average Bonchev–Trinajstić information content (AvgIpc) is 3.20. The van der Waals surface area contributed by atoms with Crippen LogP contribution in [0.15, 0.2) is 30.5 Å². The van der Waals surface area contributed by atoms with Gasteiger partial charge in [-0.15, -0.1) is 0 Å². The number of ether oxygens (including phenoxy) is 1. The Bertz CT molecular complexity index is 1160. The van der Waals surface area contributed by atoms with Crippen molar-refractivity contribution in [3.63, 3.8) is 0 Å². The van der Waals surface area contributed by atoms with Crippen LogP contribution in [-0.4, -0.2) is 58.3 Å². The number of aryl methyl sites for hydroxylation is 1. The van der Waals surface area contributed by atoms with E-state index >= 15 is 0 Å². The van der Waals surface area contributed by atoms with Crippen LogP contribution in [0.4, 0.5) is 4.79 Å². The van der Waals surface area contributed by atoms with E-state index in [0.717, 1.165) is 42.3 Å². The maximum absolute atomic E-state index is 13.7. The van der Waals surface area contributed by atoms with E-state index in [1.807, 2.05) is 44.3 Å². The van der Waals surface area contributed by atoms with Crippen LogP contribution in [-0.2, 0) is 32.1 Å². The highest BCUT2D eigenvalue weighted by Gasteiger charge is 2.48. The number of alkyl carbamates (subject to hydrolysis) is 1. The van der Waals surface area contributed by atoms with Gasteiger partial charge in [0.15, 0.2) is 0 Å². The zero-order chi connectivity index (χ0) is 27.9. The van der Waals surface area contributed by atoms with Crippen LogP contribution in [0.25, 0.3) is 10.9 Å². The molecule has 208 valence electrons. The lowest BCUT2D eigenvalue weighted by Gasteiger charge is -2.35. The average molecular weight is 529 g/mol. The molecule has 38 heavy (non-hydrogen) atoms. The number of carbonyl (C=O) groups excluding carboxylic acids is 3. The van der Waals surface area contributed by atoms with Crippen LogP contribution in [0.1, 0.15) is 58.9 Å². The minimum Gasteiger partial charge on any atom is -0.479 e. The summed E-state index contributed by atoms with van der Waals surface area (Å²) in [5.41, 5.74) is 0.0491. The molecule has 10 heteroatoms. The summed E-state index contributed by atoms with van der Waals surface area (Å²) in [6.07, 6.45) is 4.29. The molecule has 0 saturated carbocycles. The maximum atomic E-state index is 13.7. The summed E-state index contributed by atoms with van der Waals surface area (Å²) in [4.78, 5) is 51.6. The minimum atomic E-state index is -1.95. The molecule has 2 aromatic rings. The van der Waals surface area contributed by atoms with Crippen molar-refractivity contribution in [1.29, 1.82) is 0 Å². The molecule has 3 unspecified atom stereocenters. The number of carboxylic acid groups (broad SMARTS) is 1. The van der Waals surface area contributed by atoms with E-state index in [-0.39, 0.29) is 31.3 Å². The van der Waals surface area contributed by atoms with E-state index in [1.54, 1.807) is 6.92 Å². The number of nitrogens with one attached hydrogen (secondary N) is 3. The lowest BCUT2D eigenvalue weighted by atomic mass is 9.79. The van der Waals surface area contributed by atoms with Gasteiger partial charge < -0.3 is 30.4 Å². The van der Waals surface area contributed by atoms with Gasteiger partial charge in [-0.25, -0.2) is 9.59 Å². The Kier molecular flexibility index (Phi) is 9.77. The molecule has 10 nitrogen and oxygen atoms in total. The molecule has 0 saturated heterocycles. The van der Waals surface area contributed by atoms with Crippen LogP contribution in [0.5, 0.6) is 0 Å². The topological polar surface area (TPSA) is 139 Å². The summed E-state index contributed by atoms with van der Waals surface area (Å²) in [5.74, 6) is -3.51. The molecule has 3 amide bonds. The highest BCUT2D eigenvalue weighted by Crippen LogP contribution is 2.27. The number of aliphatic carboxylic acids is 1. The molecule has 2 heterocycles. The third-order valence-electron chi connectivity index (χ3n) is 7.11. The lowest BCUT2D eigenvalue weighted by Crippen LogP contribution is -2.62. The molecule has 3 atom stereocenters. The molecule has 1 aromatic carbocycles. The number of aromatic nitrogens is 1. The summed E-state index contributed by atoms with van der Waals surface area (Å²) < 4.78 is 7.10. The highest BCUT2D eigenvalue weighted by atomic mass is 16.5. The monoisotopic (exact) mass is 528 g/mol. The van der Waals surface area contributed by atoms with Crippen LogP contribution >= 0.6 is 0 Å². The summed E-state index contributed by atoms with van der Waals surface area (Å²) >= 11 is 0. The molecule has 0 radical (unpaired) electrons. The number of nitrogens with zero attached hydrogens (tertiary/aromatic N) is 1. The molecule has 0 fully saturated rings. The molecule has 0 aliphatic carbocycles. The number of fused-ring (bicyclic) bond motifs is 5. The molecule has 1 aliphatic rings. The van der Waals surface area contributed by atoms with Crippen molar-refractivity contribution in [3.8, 4) is 0 Å². The third-order valence-corrected chi connectivity index (χ3v) is 7.11. The van der Waals surface area contributed by atoms with E-state index in [0.29, 0.717) is 6.54 Å². The number of hydrogen-bond acceptors (Lipinski definition) is 5. The van der Waals surface area contributed by atoms with Gasteiger partial charge >= 0.3 is 12.1 Å². The summed E-state index contributed by atoms with van der Waals surface area (Å²) in [5, 5.41) is 19.3. The van der Waals surface area contributed by atoms with Crippen LogP contribution in [0.2, 0.25) is 0 Å². The Hall–Kier alpha value is -3.56. The van der Waals surface area contributed by atoms with Gasteiger partial charge in [0.2, 0.25) is 11.8 Å². The molecular weight excluding hydrogens is 488 g/mol. The molecule has 4 N–H and O–H groups in total. The quantitative estimate of drug-likeness (QED) is 0.415. The largest absolute Gasteiger partial charge is 0.479 e. The molecule has 3 rings (SSSR count). The molecular formula is C28H40N4O6. The van der Waals surface area contributed by atoms with Crippen LogP contribution < -0.4 is 16.0 Å². The Morgan fingerprint density at radius 3 is 2.63 bits per heavy atom. The van der Waals surface area contributed by atoms with Crippen molar-refractivity contribution in [2.45, 2.75) is 77.9 Å². The highest BCUT2D eigenvalue weighted by molar-refractivity contribution is 5.95. The predicted octanol–water partition coefficient (Wildman–Crippen LogP) is 3.22. The number of carbonyl (C=O) groups is 4. The van der Waals surface area contributed by atoms with Crippen LogP contribution in [0.3, 0.4) is 0 Å². The SMILES string of the molecule is CCOC(=O)NC(C)(C(=O)O)C(CC(C)C)C(=O)NC1Cc2cn(c3ccccc23)CCCCCNC1=O. The van der Waals surface area contributed by atoms with E-state index in [1.165, 1.54) is 6.92 Å². The van der Waals surface area contributed by atoms with Crippen molar-refractivity contribution < 1.29 is 29.0 Å². The standard InChI is InChI=1S/C28H40N4O6/c1-5-38-27(37)31-28(4,26(35)36)21(15-18(2)3)24(33)30-22-16-19-17-32(23-12-8-7-11-20(19)23)14-10-6-9-13-29-25(22)34/h7-8,11-12,17-18,21-22H,5-6,9-10,13-16H2,1-4H3,(H,29,34)(H,30,33)(H,31,37)(H,35,36). The fourth-order valence-electron chi connectivity index (χ4n) is 5.04. The Balaban J connectivity index is 1.96. The first-order valence-electron chi connectivity index (χ1n) is 13.4. The Morgan fingerprint density at radius 1 is 1.21 bits per heavy atom. The summed E-state index contributed by atoms with van der Waals surface area (Å²) in [7, 11) is 0. The van der Waals surface area contributed by atoms with Crippen molar-refractivity contribution in [2.24, 2.45) is 11.8 Å². The maximum Gasteiger partial charge on any atom is 0.408 e. The van der Waals surface area contributed by atoms with E-state index < -0.39 is 35.5 Å². The van der Waals surface area contributed by atoms with E-state index in [2.05, 4.69) is 20.5 Å². The first kappa shape index (κ1) is 29.0. The number of rotatable bonds is 8. The van der Waals surface area contributed by atoms with Crippen molar-refractivity contribution in [1.82, 2.24) is 20.5 Å². The van der Waals surface area contributed by atoms with Gasteiger partial charge in [-0.2, -0.15) is 0 Å². The zero-order valence-electron chi connectivity index (χ0n) is 22.7. The Labute approximate surface area is 223 Å². The first-order valence-corrected chi connectivity index (χ1v) is 13.4. The second kappa shape index (κ2) is 12.8. The number of para-hydroxylation sites is 1. The van der Waals surface area contributed by atoms with Gasteiger partial charge in [0.05, 0.1) is 12.5 Å². The predicted molar refractivity (Wildman–Crippen MR) is 144 cm³/mol. The first-order chi connectivity index (χ1) is 18.1. The number of amides is 3. The number of hydrogen-bond donors (Lipinski definition) is 4. The van der Waals surface area contributed by atoms with Gasteiger partial charge in [-0.05, 0) is 57.1 Å². The molecule has 0 spiro atoms. The second-order valence-corrected chi connectivity index (χ2v) is 10.5. The van der Waals surface area contributed by atoms with Gasteiger partial charge in [0.1, 0.15) is 11.6 Å². The minimum absolute atomic E-state index is 0.0540. The number of benzene rings is 1. The van der Waals surface area contributed by atoms with Gasteiger partial charge in [0.25, 0.3) is 0 Å². The molecule has 2 bridgehead atoms. The van der Waals surface area contributed by atoms with E-state index in [9.17, 15) is 24.3 Å².